The Morgan fingerprint density at radius 1 is 1.32 bits per heavy atom. The molecule has 0 bridgehead atoms. The number of halogens is 1. The Hall–Kier alpha value is -1.13. The molecule has 2 atom stereocenters. The van der Waals surface area contributed by atoms with Gasteiger partial charge in [-0.25, -0.2) is 4.39 Å². The lowest BCUT2D eigenvalue weighted by Gasteiger charge is -2.25. The topological polar surface area (TPSA) is 30.5 Å². The van der Waals surface area contributed by atoms with Gasteiger partial charge in [0.2, 0.25) is 0 Å². The summed E-state index contributed by atoms with van der Waals surface area (Å²) in [5, 5.41) is 3.35. The van der Waals surface area contributed by atoms with Crippen LogP contribution in [0.1, 0.15) is 26.3 Å². The van der Waals surface area contributed by atoms with Crippen LogP contribution in [0.4, 0.5) is 4.39 Å². The molecule has 0 aromatic heterocycles. The van der Waals surface area contributed by atoms with Gasteiger partial charge in [0.25, 0.3) is 0 Å². The molecule has 0 aliphatic carbocycles. The van der Waals surface area contributed by atoms with Gasteiger partial charge in [0.15, 0.2) is 11.6 Å². The van der Waals surface area contributed by atoms with Crippen molar-refractivity contribution in [2.24, 2.45) is 0 Å². The van der Waals surface area contributed by atoms with Gasteiger partial charge in [-0.2, -0.15) is 0 Å². The van der Waals surface area contributed by atoms with Crippen molar-refractivity contribution in [1.82, 2.24) is 5.32 Å². The fourth-order valence-electron chi connectivity index (χ4n) is 2.15. The van der Waals surface area contributed by atoms with Gasteiger partial charge in [0.05, 0.1) is 13.2 Å². The molecule has 108 valence electrons. The highest BCUT2D eigenvalue weighted by Crippen LogP contribution is 2.21. The monoisotopic (exact) mass is 269 g/mol. The molecule has 2 unspecified atom stereocenters. The molecule has 0 saturated carbocycles. The lowest BCUT2D eigenvalue weighted by Crippen LogP contribution is -2.41. The maximum atomic E-state index is 14.1. The summed E-state index contributed by atoms with van der Waals surface area (Å²) in [6.07, 6.45) is 0.619. The molecular weight excluding hydrogens is 245 g/mol. The number of ether oxygens (including phenoxy) is 2. The Balaban J connectivity index is 2.84. The second kappa shape index (κ2) is 8.12. The zero-order chi connectivity index (χ0) is 14.3. The van der Waals surface area contributed by atoms with Crippen LogP contribution in [-0.4, -0.2) is 32.4 Å². The zero-order valence-corrected chi connectivity index (χ0v) is 12.2. The van der Waals surface area contributed by atoms with Gasteiger partial charge in [0.1, 0.15) is 0 Å². The average Bonchev–Trinajstić information content (AvgIpc) is 2.40. The highest BCUT2D eigenvalue weighted by atomic mass is 19.1. The third-order valence-corrected chi connectivity index (χ3v) is 3.17. The second-order valence-electron chi connectivity index (χ2n) is 4.46. The van der Waals surface area contributed by atoms with Crippen molar-refractivity contribution >= 4 is 0 Å². The van der Waals surface area contributed by atoms with Crippen LogP contribution in [0.15, 0.2) is 18.2 Å². The van der Waals surface area contributed by atoms with E-state index in [1.54, 1.807) is 12.1 Å². The van der Waals surface area contributed by atoms with Crippen LogP contribution in [-0.2, 0) is 11.2 Å². The first-order chi connectivity index (χ1) is 9.13. The largest absolute Gasteiger partial charge is 0.494 e. The van der Waals surface area contributed by atoms with Crippen LogP contribution < -0.4 is 10.1 Å². The fraction of sp³-hybridized carbons (Fsp3) is 0.600. The summed E-state index contributed by atoms with van der Waals surface area (Å²) in [5.41, 5.74) is 0.650. The van der Waals surface area contributed by atoms with E-state index in [0.29, 0.717) is 18.6 Å². The summed E-state index contributed by atoms with van der Waals surface area (Å²) >= 11 is 0. The number of nitrogens with one attached hydrogen (secondary N) is 1. The van der Waals surface area contributed by atoms with Gasteiger partial charge in [-0.05, 0) is 38.4 Å². The van der Waals surface area contributed by atoms with Gasteiger partial charge in [0, 0.05) is 12.6 Å². The number of hydrogen-bond acceptors (Lipinski definition) is 3. The molecule has 1 aromatic carbocycles. The zero-order valence-electron chi connectivity index (χ0n) is 12.2. The maximum absolute atomic E-state index is 14.1. The Labute approximate surface area is 115 Å². The van der Waals surface area contributed by atoms with Crippen molar-refractivity contribution in [3.8, 4) is 5.75 Å². The van der Waals surface area contributed by atoms with Crippen LogP contribution in [0.3, 0.4) is 0 Å². The first-order valence-electron chi connectivity index (χ1n) is 6.80. The molecule has 0 heterocycles. The molecular formula is C15H24FNO2. The third-order valence-electron chi connectivity index (χ3n) is 3.17. The first kappa shape index (κ1) is 15.9. The number of methoxy groups -OCH3 is 1. The number of benzene rings is 1. The van der Waals surface area contributed by atoms with E-state index in [1.807, 2.05) is 26.8 Å². The molecule has 1 rings (SSSR count). The lowest BCUT2D eigenvalue weighted by molar-refractivity contribution is 0.0478. The second-order valence-corrected chi connectivity index (χ2v) is 4.46. The Bertz CT molecular complexity index is 384. The summed E-state index contributed by atoms with van der Waals surface area (Å²) in [6, 6.07) is 5.33. The SMILES string of the molecule is CCNC(Cc1cccc(OC)c1F)C(C)OCC. The van der Waals surface area contributed by atoms with E-state index in [-0.39, 0.29) is 23.7 Å². The minimum Gasteiger partial charge on any atom is -0.494 e. The minimum absolute atomic E-state index is 0.0375. The quantitative estimate of drug-likeness (QED) is 0.787. The van der Waals surface area contributed by atoms with E-state index < -0.39 is 0 Å². The Kier molecular flexibility index (Phi) is 6.81. The molecule has 0 saturated heterocycles. The van der Waals surface area contributed by atoms with E-state index in [9.17, 15) is 4.39 Å². The van der Waals surface area contributed by atoms with E-state index in [4.69, 9.17) is 9.47 Å². The summed E-state index contributed by atoms with van der Waals surface area (Å²) in [4.78, 5) is 0. The predicted octanol–water partition coefficient (Wildman–Crippen LogP) is 2.78. The van der Waals surface area contributed by atoms with Crippen molar-refractivity contribution in [2.75, 3.05) is 20.3 Å². The summed E-state index contributed by atoms with van der Waals surface area (Å²) in [7, 11) is 1.48. The molecule has 1 N–H and O–H groups in total. The number of hydrogen-bond donors (Lipinski definition) is 1. The summed E-state index contributed by atoms with van der Waals surface area (Å²) in [6.45, 7) is 7.49. The van der Waals surface area contributed by atoms with E-state index in [2.05, 4.69) is 5.32 Å². The van der Waals surface area contributed by atoms with Gasteiger partial charge < -0.3 is 14.8 Å². The molecule has 0 amide bonds. The fourth-order valence-corrected chi connectivity index (χ4v) is 2.15. The van der Waals surface area contributed by atoms with Crippen LogP contribution in [0, 0.1) is 5.82 Å². The van der Waals surface area contributed by atoms with E-state index >= 15 is 0 Å². The van der Waals surface area contributed by atoms with Crippen LogP contribution in [0.2, 0.25) is 0 Å². The van der Waals surface area contributed by atoms with Crippen molar-refractivity contribution in [3.63, 3.8) is 0 Å². The smallest absolute Gasteiger partial charge is 0.168 e. The minimum atomic E-state index is -0.281. The normalized spacial score (nSPS) is 14.2. The van der Waals surface area contributed by atoms with Crippen molar-refractivity contribution in [2.45, 2.75) is 39.3 Å². The third kappa shape index (κ3) is 4.48. The van der Waals surface area contributed by atoms with Crippen molar-refractivity contribution < 1.29 is 13.9 Å². The highest BCUT2D eigenvalue weighted by molar-refractivity contribution is 5.31. The Morgan fingerprint density at radius 3 is 2.63 bits per heavy atom. The molecule has 0 radical (unpaired) electrons. The summed E-state index contributed by atoms with van der Waals surface area (Å²) < 4.78 is 24.7. The van der Waals surface area contributed by atoms with Crippen molar-refractivity contribution in [3.05, 3.63) is 29.6 Å². The highest BCUT2D eigenvalue weighted by Gasteiger charge is 2.19. The molecule has 19 heavy (non-hydrogen) atoms. The van der Waals surface area contributed by atoms with Gasteiger partial charge >= 0.3 is 0 Å². The van der Waals surface area contributed by atoms with Crippen LogP contribution in [0.25, 0.3) is 0 Å². The van der Waals surface area contributed by atoms with Gasteiger partial charge in [-0.1, -0.05) is 19.1 Å². The average molecular weight is 269 g/mol. The number of likely N-dealkylation sites (N-methyl/N-ethyl adjacent to an activating group) is 1. The van der Waals surface area contributed by atoms with Gasteiger partial charge in [-0.15, -0.1) is 0 Å². The first-order valence-corrected chi connectivity index (χ1v) is 6.80. The predicted molar refractivity (Wildman–Crippen MR) is 75.2 cm³/mol. The van der Waals surface area contributed by atoms with E-state index in [0.717, 1.165) is 6.54 Å². The van der Waals surface area contributed by atoms with Crippen molar-refractivity contribution in [1.29, 1.82) is 0 Å². The molecule has 1 aromatic rings. The van der Waals surface area contributed by atoms with Gasteiger partial charge in [-0.3, -0.25) is 0 Å². The van der Waals surface area contributed by atoms with Crippen LogP contribution >= 0.6 is 0 Å². The molecule has 0 fully saturated rings. The van der Waals surface area contributed by atoms with E-state index in [1.165, 1.54) is 7.11 Å². The Morgan fingerprint density at radius 2 is 2.05 bits per heavy atom. The van der Waals surface area contributed by atoms with Crippen LogP contribution in [0.5, 0.6) is 5.75 Å². The number of rotatable bonds is 8. The maximum Gasteiger partial charge on any atom is 0.168 e. The molecule has 0 aliphatic rings. The molecule has 0 spiro atoms. The lowest BCUT2D eigenvalue weighted by atomic mass is 10.0. The molecule has 0 aliphatic heterocycles. The standard InChI is InChI=1S/C15H24FNO2/c1-5-17-13(11(3)19-6-2)10-12-8-7-9-14(18-4)15(12)16/h7-9,11,13,17H,5-6,10H2,1-4H3. The molecule has 3 nitrogen and oxygen atoms in total. The summed E-state index contributed by atoms with van der Waals surface area (Å²) in [5.74, 6) is 0.00779. The molecule has 4 heteroatoms.